The Morgan fingerprint density at radius 2 is 0.746 bits per heavy atom. The van der Waals surface area contributed by atoms with Crippen molar-refractivity contribution in [3.05, 3.63) is 255 Å². The van der Waals surface area contributed by atoms with E-state index in [1.54, 1.807) is 0 Å². The van der Waals surface area contributed by atoms with Crippen LogP contribution in [0.15, 0.2) is 255 Å². The molecule has 12 rings (SSSR count). The van der Waals surface area contributed by atoms with Crippen LogP contribution < -0.4 is 20.7 Å². The van der Waals surface area contributed by atoms with E-state index in [0.717, 1.165) is 11.4 Å². The minimum absolute atomic E-state index is 1.13. The van der Waals surface area contributed by atoms with Crippen LogP contribution >= 0.6 is 0 Å². The number of aromatic nitrogens is 2. The average Bonchev–Trinajstić information content (AvgIpc) is 3.88. The molecule has 0 aliphatic heterocycles. The lowest BCUT2D eigenvalue weighted by atomic mass is 9.93. The Morgan fingerprint density at radius 3 is 1.35 bits per heavy atom. The molecule has 296 valence electrons. The van der Waals surface area contributed by atoms with E-state index < -0.39 is 8.07 Å². The predicted molar refractivity (Wildman–Crippen MR) is 270 cm³/mol. The first-order valence-corrected chi connectivity index (χ1v) is 23.8. The summed E-state index contributed by atoms with van der Waals surface area (Å²) in [6.07, 6.45) is 0. The Hall–Kier alpha value is -7.98. The molecule has 63 heavy (non-hydrogen) atoms. The smallest absolute Gasteiger partial charge is 0.179 e. The van der Waals surface area contributed by atoms with Crippen molar-refractivity contribution in [2.45, 2.75) is 0 Å². The molecule has 2 aromatic heterocycles. The van der Waals surface area contributed by atoms with Gasteiger partial charge in [0.05, 0.1) is 27.8 Å². The van der Waals surface area contributed by atoms with E-state index >= 15 is 0 Å². The average molecular weight is 819 g/mol. The summed E-state index contributed by atoms with van der Waals surface area (Å²) in [6, 6.07) is 94.2. The molecule has 0 atom stereocenters. The fourth-order valence-corrected chi connectivity index (χ4v) is 15.2. The highest BCUT2D eigenvalue weighted by Crippen LogP contribution is 2.42. The lowest BCUT2D eigenvalue weighted by Gasteiger charge is -2.34. The lowest BCUT2D eigenvalue weighted by Crippen LogP contribution is -2.74. The molecule has 0 saturated heterocycles. The summed E-state index contributed by atoms with van der Waals surface area (Å²) in [5.74, 6) is 0. The molecule has 2 heterocycles. The zero-order chi connectivity index (χ0) is 41.7. The Labute approximate surface area is 368 Å². The molecule has 0 unspecified atom stereocenters. The topological polar surface area (TPSA) is 9.86 Å². The van der Waals surface area contributed by atoms with Crippen molar-refractivity contribution < 1.29 is 0 Å². The van der Waals surface area contributed by atoms with Crippen LogP contribution in [0.2, 0.25) is 0 Å². The number of hydrogen-bond acceptors (Lipinski definition) is 0. The molecule has 3 heteroatoms. The van der Waals surface area contributed by atoms with E-state index in [9.17, 15) is 0 Å². The highest BCUT2D eigenvalue weighted by molar-refractivity contribution is 7.20. The SMILES string of the molecule is c1ccc(-c2cccc(-n3c4ccccc4c4ccc(-n5c6ccccc6c6cc([Si](c7ccccc7)(c7ccccc7)c7ccccc7)ccc65)cc43)c2-c2ccccc2)cc1. The first kappa shape index (κ1) is 36.8. The summed E-state index contributed by atoms with van der Waals surface area (Å²) in [4.78, 5) is 0. The van der Waals surface area contributed by atoms with Gasteiger partial charge in [-0.2, -0.15) is 0 Å². The van der Waals surface area contributed by atoms with Crippen molar-refractivity contribution >= 4 is 72.4 Å². The van der Waals surface area contributed by atoms with Gasteiger partial charge in [0, 0.05) is 32.8 Å². The van der Waals surface area contributed by atoms with Gasteiger partial charge in [-0.05, 0) is 73.8 Å². The van der Waals surface area contributed by atoms with Crippen molar-refractivity contribution in [3.8, 4) is 33.6 Å². The molecule has 12 aromatic rings. The van der Waals surface area contributed by atoms with Crippen molar-refractivity contribution in [2.24, 2.45) is 0 Å². The van der Waals surface area contributed by atoms with Crippen LogP contribution in [0, 0.1) is 0 Å². The molecule has 0 bridgehead atoms. The van der Waals surface area contributed by atoms with Crippen LogP contribution in [0.4, 0.5) is 0 Å². The third-order valence-electron chi connectivity index (χ3n) is 13.1. The fourth-order valence-electron chi connectivity index (χ4n) is 10.4. The van der Waals surface area contributed by atoms with Crippen LogP contribution in [-0.2, 0) is 0 Å². The summed E-state index contributed by atoms with van der Waals surface area (Å²) in [5.41, 5.74) is 11.8. The minimum atomic E-state index is -2.75. The van der Waals surface area contributed by atoms with Crippen LogP contribution in [0.3, 0.4) is 0 Å². The van der Waals surface area contributed by atoms with Gasteiger partial charge in [0.25, 0.3) is 0 Å². The standard InChI is InChI=1S/C60H42N2Si/c1-6-21-43(22-7-1)50-33-20-36-58(60(50)44-23-8-2-9-24-44)62-56-35-19-16-31-51(56)53-39-37-45(41-59(53)62)61-55-34-18-17-32-52(55)54-42-49(38-40-57(54)61)63(46-25-10-3-11-26-46,47-27-12-4-13-28-47)48-29-14-5-15-30-48/h1-42H. The molecule has 0 fully saturated rings. The number of rotatable bonds is 8. The van der Waals surface area contributed by atoms with Gasteiger partial charge in [-0.15, -0.1) is 0 Å². The van der Waals surface area contributed by atoms with Crippen molar-refractivity contribution in [3.63, 3.8) is 0 Å². The molecule has 0 aliphatic carbocycles. The van der Waals surface area contributed by atoms with Gasteiger partial charge in [0.2, 0.25) is 0 Å². The normalized spacial score (nSPS) is 11.8. The van der Waals surface area contributed by atoms with Crippen LogP contribution in [0.5, 0.6) is 0 Å². The van der Waals surface area contributed by atoms with E-state index in [1.807, 2.05) is 0 Å². The summed E-state index contributed by atoms with van der Waals surface area (Å²) in [6.45, 7) is 0. The lowest BCUT2D eigenvalue weighted by molar-refractivity contribution is 1.16. The largest absolute Gasteiger partial charge is 0.309 e. The molecule has 0 radical (unpaired) electrons. The Balaban J connectivity index is 1.13. The second-order valence-electron chi connectivity index (χ2n) is 16.4. The van der Waals surface area contributed by atoms with E-state index in [4.69, 9.17) is 0 Å². The number of nitrogens with zero attached hydrogens (tertiary/aromatic N) is 2. The highest BCUT2D eigenvalue weighted by atomic mass is 28.3. The van der Waals surface area contributed by atoms with Crippen LogP contribution in [0.25, 0.3) is 77.2 Å². The predicted octanol–water partition coefficient (Wildman–Crippen LogP) is 12.6. The Morgan fingerprint density at radius 1 is 0.270 bits per heavy atom. The highest BCUT2D eigenvalue weighted by Gasteiger charge is 2.41. The molecule has 0 saturated carbocycles. The maximum atomic E-state index is 2.52. The first-order chi connectivity index (χ1) is 31.3. The maximum Gasteiger partial charge on any atom is 0.179 e. The van der Waals surface area contributed by atoms with Crippen LogP contribution in [-0.4, -0.2) is 17.2 Å². The molecule has 0 amide bonds. The second-order valence-corrected chi connectivity index (χ2v) is 20.2. The monoisotopic (exact) mass is 818 g/mol. The number of para-hydroxylation sites is 2. The molecule has 2 nitrogen and oxygen atoms in total. The van der Waals surface area contributed by atoms with Gasteiger partial charge < -0.3 is 9.13 Å². The Bertz CT molecular complexity index is 3500. The molecule has 0 aliphatic rings. The van der Waals surface area contributed by atoms with Crippen molar-refractivity contribution in [1.82, 2.24) is 9.13 Å². The van der Waals surface area contributed by atoms with Gasteiger partial charge in [-0.1, -0.05) is 218 Å². The summed E-state index contributed by atoms with van der Waals surface area (Å²) in [5, 5.41) is 10.4. The number of benzene rings is 10. The quantitative estimate of drug-likeness (QED) is 0.107. The first-order valence-electron chi connectivity index (χ1n) is 21.8. The number of hydrogen-bond donors (Lipinski definition) is 0. The zero-order valence-electron chi connectivity index (χ0n) is 34.6. The molecular formula is C60H42N2Si. The van der Waals surface area contributed by atoms with Crippen molar-refractivity contribution in [2.75, 3.05) is 0 Å². The van der Waals surface area contributed by atoms with Crippen molar-refractivity contribution in [1.29, 1.82) is 0 Å². The summed E-state index contributed by atoms with van der Waals surface area (Å²) in [7, 11) is -2.75. The minimum Gasteiger partial charge on any atom is -0.309 e. The molecular weight excluding hydrogens is 777 g/mol. The second kappa shape index (κ2) is 15.2. The van der Waals surface area contributed by atoms with Gasteiger partial charge in [0.15, 0.2) is 8.07 Å². The molecule has 0 N–H and O–H groups in total. The Kier molecular flexibility index (Phi) is 8.87. The summed E-state index contributed by atoms with van der Waals surface area (Å²) >= 11 is 0. The molecule has 10 aromatic carbocycles. The summed E-state index contributed by atoms with van der Waals surface area (Å²) < 4.78 is 4.97. The third-order valence-corrected chi connectivity index (χ3v) is 17.8. The molecule has 0 spiro atoms. The van der Waals surface area contributed by atoms with E-state index in [1.165, 1.54) is 86.6 Å². The fraction of sp³-hybridized carbons (Fsp3) is 0. The van der Waals surface area contributed by atoms with Gasteiger partial charge >= 0.3 is 0 Å². The number of fused-ring (bicyclic) bond motifs is 6. The van der Waals surface area contributed by atoms with Gasteiger partial charge in [-0.25, -0.2) is 0 Å². The van der Waals surface area contributed by atoms with E-state index in [-0.39, 0.29) is 0 Å². The van der Waals surface area contributed by atoms with E-state index in [0.29, 0.717) is 0 Å². The van der Waals surface area contributed by atoms with Crippen LogP contribution in [0.1, 0.15) is 0 Å². The van der Waals surface area contributed by atoms with Gasteiger partial charge in [0.1, 0.15) is 0 Å². The zero-order valence-corrected chi connectivity index (χ0v) is 35.6. The third kappa shape index (κ3) is 5.85. The maximum absolute atomic E-state index is 2.75. The van der Waals surface area contributed by atoms with E-state index in [2.05, 4.69) is 264 Å². The van der Waals surface area contributed by atoms with Gasteiger partial charge in [-0.3, -0.25) is 0 Å².